The summed E-state index contributed by atoms with van der Waals surface area (Å²) in [5, 5.41) is -0.00916. The van der Waals surface area contributed by atoms with E-state index in [2.05, 4.69) is 72.7 Å². The molecule has 0 aliphatic carbocycles. The number of hydrogen-bond donors (Lipinski definition) is 1. The maximum absolute atomic E-state index is 12.8. The standard InChI is InChI=1S/C23H44N2O6S2Si2/c1-22(2,3)34(8,9)29-14-16-18(28-15-33-32-7)19(31-35(10,11)23(4,5)6)20(30-16)25-13-12-17(26)24-21(25)27/h12-13,16,18-20H,14-15H2,1-11H3,(H,24,26,27)/t16-,18-,19-,20-/m1/s1. The molecule has 0 aromatic carbocycles. The summed E-state index contributed by atoms with van der Waals surface area (Å²) in [4.78, 5) is 26.8. The molecular weight excluding hydrogens is 521 g/mol. The zero-order valence-electron chi connectivity index (χ0n) is 23.1. The van der Waals surface area contributed by atoms with Crippen LogP contribution in [0.5, 0.6) is 0 Å². The third-order valence-electron chi connectivity index (χ3n) is 7.49. The molecule has 0 radical (unpaired) electrons. The van der Waals surface area contributed by atoms with Crippen LogP contribution in [0.15, 0.2) is 21.9 Å². The highest BCUT2D eigenvalue weighted by Crippen LogP contribution is 2.43. The van der Waals surface area contributed by atoms with Crippen molar-refractivity contribution in [3.8, 4) is 0 Å². The van der Waals surface area contributed by atoms with Crippen LogP contribution in [0.25, 0.3) is 0 Å². The highest BCUT2D eigenvalue weighted by atomic mass is 33.1. The molecule has 1 aliphatic rings. The third kappa shape index (κ3) is 7.59. The number of ether oxygens (including phenoxy) is 2. The number of nitrogens with one attached hydrogen (secondary N) is 1. The fourth-order valence-electron chi connectivity index (χ4n) is 3.20. The molecule has 1 aliphatic heterocycles. The molecule has 1 N–H and O–H groups in total. The van der Waals surface area contributed by atoms with Crippen molar-refractivity contribution >= 4 is 38.2 Å². The van der Waals surface area contributed by atoms with Crippen LogP contribution < -0.4 is 11.2 Å². The Bertz CT molecular complexity index is 955. The van der Waals surface area contributed by atoms with Crippen LogP contribution in [-0.2, 0) is 18.3 Å². The first kappa shape index (κ1) is 30.9. The predicted octanol–water partition coefficient (Wildman–Crippen LogP) is 5.20. The van der Waals surface area contributed by atoms with E-state index in [1.165, 1.54) is 16.8 Å². The predicted molar refractivity (Wildman–Crippen MR) is 151 cm³/mol. The second-order valence-electron chi connectivity index (χ2n) is 12.0. The van der Waals surface area contributed by atoms with Crippen molar-refractivity contribution in [2.45, 2.75) is 102 Å². The monoisotopic (exact) mass is 564 g/mol. The van der Waals surface area contributed by atoms with Crippen molar-refractivity contribution in [3.05, 3.63) is 33.1 Å². The second-order valence-corrected chi connectivity index (χ2v) is 24.1. The summed E-state index contributed by atoms with van der Waals surface area (Å²) in [7, 11) is -1.10. The van der Waals surface area contributed by atoms with E-state index < -0.39 is 52.4 Å². The first-order valence-corrected chi connectivity index (χ1v) is 20.5. The van der Waals surface area contributed by atoms with E-state index in [4.69, 9.17) is 18.3 Å². The van der Waals surface area contributed by atoms with E-state index in [0.717, 1.165) is 0 Å². The first-order chi connectivity index (χ1) is 15.9. The Morgan fingerprint density at radius 3 is 2.14 bits per heavy atom. The van der Waals surface area contributed by atoms with E-state index in [-0.39, 0.29) is 10.1 Å². The average molecular weight is 565 g/mol. The van der Waals surface area contributed by atoms with Gasteiger partial charge in [-0.25, -0.2) is 4.79 Å². The van der Waals surface area contributed by atoms with Crippen molar-refractivity contribution in [2.24, 2.45) is 0 Å². The second kappa shape index (κ2) is 11.6. The maximum Gasteiger partial charge on any atom is 0.330 e. The maximum atomic E-state index is 12.8. The molecule has 2 rings (SSSR count). The molecule has 1 saturated heterocycles. The lowest BCUT2D eigenvalue weighted by Crippen LogP contribution is -2.51. The fraction of sp³-hybridized carbons (Fsp3) is 0.826. The number of aromatic nitrogens is 2. The Kier molecular flexibility index (Phi) is 10.2. The van der Waals surface area contributed by atoms with Crippen LogP contribution in [-0.4, -0.2) is 63.3 Å². The molecular formula is C23H44N2O6S2Si2. The lowest BCUT2D eigenvalue weighted by Gasteiger charge is -2.41. The molecule has 4 atom stereocenters. The normalized spacial score (nSPS) is 24.2. The van der Waals surface area contributed by atoms with Gasteiger partial charge in [0.15, 0.2) is 22.9 Å². The Labute approximate surface area is 219 Å². The Morgan fingerprint density at radius 1 is 1.03 bits per heavy atom. The molecule has 1 fully saturated rings. The van der Waals surface area contributed by atoms with Gasteiger partial charge in [0.2, 0.25) is 0 Å². The molecule has 2 heterocycles. The fourth-order valence-corrected chi connectivity index (χ4v) is 6.26. The summed E-state index contributed by atoms with van der Waals surface area (Å²) in [6, 6.07) is 1.33. The minimum atomic E-state index is -2.27. The minimum absolute atomic E-state index is 0.0446. The molecule has 12 heteroatoms. The van der Waals surface area contributed by atoms with Crippen molar-refractivity contribution in [3.63, 3.8) is 0 Å². The SMILES string of the molecule is CSSCO[C@H]1[C@@H](O[Si](C)(C)C(C)(C)C)[C@H](n2ccc(=O)[nH]c2=O)O[C@@H]1CO[Si](C)(C)C(C)(C)C. The first-order valence-electron chi connectivity index (χ1n) is 12.0. The Morgan fingerprint density at radius 2 is 1.63 bits per heavy atom. The highest BCUT2D eigenvalue weighted by molar-refractivity contribution is 8.76. The molecule has 0 unspecified atom stereocenters. The number of nitrogens with zero attached hydrogens (tertiary/aromatic N) is 1. The van der Waals surface area contributed by atoms with Crippen molar-refractivity contribution in [1.82, 2.24) is 9.55 Å². The van der Waals surface area contributed by atoms with E-state index in [1.807, 2.05) is 6.26 Å². The average Bonchev–Trinajstić information content (AvgIpc) is 3.01. The van der Waals surface area contributed by atoms with Crippen LogP contribution in [0.3, 0.4) is 0 Å². The van der Waals surface area contributed by atoms with Gasteiger partial charge < -0.3 is 18.3 Å². The highest BCUT2D eigenvalue weighted by Gasteiger charge is 2.52. The zero-order valence-corrected chi connectivity index (χ0v) is 26.7. The van der Waals surface area contributed by atoms with Gasteiger partial charge in [-0.3, -0.25) is 14.3 Å². The summed E-state index contributed by atoms with van der Waals surface area (Å²) in [6.45, 7) is 22.2. The zero-order chi connectivity index (χ0) is 26.8. The van der Waals surface area contributed by atoms with Gasteiger partial charge in [-0.05, 0) is 42.5 Å². The van der Waals surface area contributed by atoms with Gasteiger partial charge >= 0.3 is 5.69 Å². The minimum Gasteiger partial charge on any atom is -0.414 e. The van der Waals surface area contributed by atoms with Crippen molar-refractivity contribution in [2.75, 3.05) is 18.8 Å². The van der Waals surface area contributed by atoms with Gasteiger partial charge in [-0.1, -0.05) is 63.1 Å². The van der Waals surface area contributed by atoms with Crippen LogP contribution in [0.2, 0.25) is 36.3 Å². The summed E-state index contributed by atoms with van der Waals surface area (Å²) < 4.78 is 27.6. The van der Waals surface area contributed by atoms with Gasteiger partial charge in [-0.2, -0.15) is 0 Å². The molecule has 8 nitrogen and oxygen atoms in total. The quantitative estimate of drug-likeness (QED) is 0.179. The number of aromatic amines is 1. The largest absolute Gasteiger partial charge is 0.414 e. The molecule has 0 amide bonds. The van der Waals surface area contributed by atoms with E-state index in [0.29, 0.717) is 12.5 Å². The van der Waals surface area contributed by atoms with Crippen molar-refractivity contribution in [1.29, 1.82) is 0 Å². The molecule has 0 bridgehead atoms. The van der Waals surface area contributed by atoms with E-state index in [1.54, 1.807) is 21.6 Å². The van der Waals surface area contributed by atoms with Crippen LogP contribution in [0.4, 0.5) is 0 Å². The van der Waals surface area contributed by atoms with Crippen LogP contribution >= 0.6 is 21.6 Å². The number of H-pyrrole nitrogens is 1. The van der Waals surface area contributed by atoms with Crippen LogP contribution in [0, 0.1) is 0 Å². The number of hydrogen-bond acceptors (Lipinski definition) is 8. The summed E-state index contributed by atoms with van der Waals surface area (Å²) in [5.41, 5.74) is -0.984. The molecule has 1 aromatic rings. The van der Waals surface area contributed by atoms with Crippen LogP contribution in [0.1, 0.15) is 47.8 Å². The Hall–Kier alpha value is -0.346. The van der Waals surface area contributed by atoms with Gasteiger partial charge in [0.05, 0.1) is 6.61 Å². The lowest BCUT2D eigenvalue weighted by molar-refractivity contribution is -0.0547. The molecule has 202 valence electrons. The Balaban J connectivity index is 2.49. The van der Waals surface area contributed by atoms with Gasteiger partial charge in [0, 0.05) is 12.3 Å². The third-order valence-corrected chi connectivity index (χ3v) is 17.9. The topological polar surface area (TPSA) is 91.8 Å². The summed E-state index contributed by atoms with van der Waals surface area (Å²) >= 11 is 0. The lowest BCUT2D eigenvalue weighted by atomic mass is 10.1. The van der Waals surface area contributed by atoms with Gasteiger partial charge in [0.25, 0.3) is 5.56 Å². The number of rotatable bonds is 10. The molecule has 1 aromatic heterocycles. The van der Waals surface area contributed by atoms with Crippen molar-refractivity contribution < 1.29 is 18.3 Å². The summed E-state index contributed by atoms with van der Waals surface area (Å²) in [6.07, 6.45) is 1.34. The smallest absolute Gasteiger partial charge is 0.330 e. The van der Waals surface area contributed by atoms with Gasteiger partial charge in [0.1, 0.15) is 24.3 Å². The molecule has 0 saturated carbocycles. The summed E-state index contributed by atoms with van der Waals surface area (Å²) in [5.74, 6) is 0.455. The molecule has 35 heavy (non-hydrogen) atoms. The van der Waals surface area contributed by atoms with Gasteiger partial charge in [-0.15, -0.1) is 0 Å². The van der Waals surface area contributed by atoms with E-state index in [9.17, 15) is 9.59 Å². The molecule has 0 spiro atoms. The van der Waals surface area contributed by atoms with E-state index >= 15 is 0 Å².